The van der Waals surface area contributed by atoms with E-state index in [0.29, 0.717) is 6.54 Å². The zero-order valence-electron chi connectivity index (χ0n) is 9.85. The molecule has 2 aromatic rings. The molecule has 0 N–H and O–H groups in total. The predicted octanol–water partition coefficient (Wildman–Crippen LogP) is 2.02. The van der Waals surface area contributed by atoms with Gasteiger partial charge in [-0.1, -0.05) is 0 Å². The van der Waals surface area contributed by atoms with E-state index in [2.05, 4.69) is 9.97 Å². The topological polar surface area (TPSA) is 72.2 Å². The van der Waals surface area contributed by atoms with Crippen molar-refractivity contribution in [2.24, 2.45) is 0 Å². The van der Waals surface area contributed by atoms with E-state index in [4.69, 9.17) is 0 Å². The van der Waals surface area contributed by atoms with E-state index in [1.54, 1.807) is 30.7 Å². The Morgan fingerprint density at radius 3 is 2.56 bits per heavy atom. The van der Waals surface area contributed by atoms with E-state index in [9.17, 15) is 10.1 Å². The molecule has 0 aliphatic carbocycles. The second kappa shape index (κ2) is 5.22. The summed E-state index contributed by atoms with van der Waals surface area (Å²) in [7, 11) is 1.90. The van der Waals surface area contributed by atoms with Crippen LogP contribution in [0.1, 0.15) is 5.69 Å². The van der Waals surface area contributed by atoms with Crippen LogP contribution in [0.4, 0.5) is 11.4 Å². The molecule has 1 aromatic carbocycles. The van der Waals surface area contributed by atoms with Crippen molar-refractivity contribution < 1.29 is 4.92 Å². The molecule has 0 atom stereocenters. The molecule has 0 saturated heterocycles. The molecular weight excluding hydrogens is 232 g/mol. The number of non-ortho nitro benzene ring substituents is 1. The molecule has 0 fully saturated rings. The number of nitrogens with zero attached hydrogens (tertiary/aromatic N) is 4. The van der Waals surface area contributed by atoms with Gasteiger partial charge in [0.05, 0.1) is 23.4 Å². The van der Waals surface area contributed by atoms with Gasteiger partial charge >= 0.3 is 0 Å². The summed E-state index contributed by atoms with van der Waals surface area (Å²) in [5, 5.41) is 10.5. The number of aromatic nitrogens is 2. The number of benzene rings is 1. The SMILES string of the molecule is CN(Cc1cnccn1)c1ccc([N+](=O)[O-])cc1. The molecule has 1 heterocycles. The van der Waals surface area contributed by atoms with Gasteiger partial charge in [0.25, 0.3) is 5.69 Å². The fraction of sp³-hybridized carbons (Fsp3) is 0.167. The Kier molecular flexibility index (Phi) is 3.47. The lowest BCUT2D eigenvalue weighted by atomic mass is 10.2. The summed E-state index contributed by atoms with van der Waals surface area (Å²) in [5.41, 5.74) is 1.83. The lowest BCUT2D eigenvalue weighted by molar-refractivity contribution is -0.384. The van der Waals surface area contributed by atoms with E-state index in [1.165, 1.54) is 12.1 Å². The smallest absolute Gasteiger partial charge is 0.269 e. The van der Waals surface area contributed by atoms with Crippen molar-refractivity contribution in [3.05, 3.63) is 58.7 Å². The third-order valence-corrected chi connectivity index (χ3v) is 2.52. The van der Waals surface area contributed by atoms with E-state index in [-0.39, 0.29) is 5.69 Å². The first-order valence-electron chi connectivity index (χ1n) is 5.37. The number of hydrogen-bond acceptors (Lipinski definition) is 5. The van der Waals surface area contributed by atoms with Crippen molar-refractivity contribution in [3.63, 3.8) is 0 Å². The maximum Gasteiger partial charge on any atom is 0.269 e. The van der Waals surface area contributed by atoms with Gasteiger partial charge in [-0.15, -0.1) is 0 Å². The van der Waals surface area contributed by atoms with Crippen molar-refractivity contribution in [2.45, 2.75) is 6.54 Å². The first kappa shape index (κ1) is 12.0. The molecule has 0 bridgehead atoms. The van der Waals surface area contributed by atoms with Crippen LogP contribution in [0.2, 0.25) is 0 Å². The number of nitro benzene ring substituents is 1. The summed E-state index contributed by atoms with van der Waals surface area (Å²) >= 11 is 0. The molecule has 6 heteroatoms. The van der Waals surface area contributed by atoms with E-state index in [0.717, 1.165) is 11.4 Å². The van der Waals surface area contributed by atoms with Crippen LogP contribution < -0.4 is 4.90 Å². The maximum atomic E-state index is 10.5. The van der Waals surface area contributed by atoms with Crippen molar-refractivity contribution >= 4 is 11.4 Å². The number of nitro groups is 1. The van der Waals surface area contributed by atoms with Gasteiger partial charge in [-0.25, -0.2) is 0 Å². The molecule has 1 aromatic heterocycles. The molecule has 0 saturated carbocycles. The first-order chi connectivity index (χ1) is 8.66. The lowest BCUT2D eigenvalue weighted by Gasteiger charge is -2.18. The standard InChI is InChI=1S/C12H12N4O2/c1-15(9-10-8-13-6-7-14-10)11-2-4-12(5-3-11)16(17)18/h2-8H,9H2,1H3. The molecule has 2 rings (SSSR count). The van der Waals surface area contributed by atoms with Gasteiger partial charge < -0.3 is 4.90 Å². The van der Waals surface area contributed by atoms with Gasteiger partial charge in [-0.05, 0) is 12.1 Å². The average molecular weight is 244 g/mol. The zero-order valence-corrected chi connectivity index (χ0v) is 9.85. The highest BCUT2D eigenvalue weighted by Gasteiger charge is 2.07. The van der Waals surface area contributed by atoms with Crippen LogP contribution in [0.15, 0.2) is 42.9 Å². The molecule has 0 radical (unpaired) electrons. The Hall–Kier alpha value is -2.50. The van der Waals surface area contributed by atoms with Gasteiger partial charge in [-0.3, -0.25) is 20.1 Å². The van der Waals surface area contributed by atoms with Crippen LogP contribution >= 0.6 is 0 Å². The Bertz CT molecular complexity index is 528. The predicted molar refractivity (Wildman–Crippen MR) is 67.2 cm³/mol. The van der Waals surface area contributed by atoms with Crippen LogP contribution in [-0.4, -0.2) is 21.9 Å². The average Bonchev–Trinajstić information content (AvgIpc) is 2.40. The normalized spacial score (nSPS) is 10.1. The van der Waals surface area contributed by atoms with Gasteiger partial charge in [-0.2, -0.15) is 0 Å². The van der Waals surface area contributed by atoms with Gasteiger partial charge in [0, 0.05) is 37.3 Å². The summed E-state index contributed by atoms with van der Waals surface area (Å²) < 4.78 is 0. The minimum atomic E-state index is -0.410. The Morgan fingerprint density at radius 2 is 2.00 bits per heavy atom. The molecule has 0 unspecified atom stereocenters. The van der Waals surface area contributed by atoms with Crippen molar-refractivity contribution in [1.82, 2.24) is 9.97 Å². The third kappa shape index (κ3) is 2.79. The molecule has 0 spiro atoms. The minimum absolute atomic E-state index is 0.0895. The maximum absolute atomic E-state index is 10.5. The Labute approximate surface area is 104 Å². The fourth-order valence-electron chi connectivity index (χ4n) is 1.57. The highest BCUT2D eigenvalue weighted by molar-refractivity contribution is 5.50. The second-order valence-electron chi connectivity index (χ2n) is 3.83. The van der Waals surface area contributed by atoms with E-state index in [1.807, 2.05) is 11.9 Å². The summed E-state index contributed by atoms with van der Waals surface area (Å²) in [6, 6.07) is 6.41. The Balaban J connectivity index is 2.09. The summed E-state index contributed by atoms with van der Waals surface area (Å²) in [4.78, 5) is 20.3. The molecular formula is C12H12N4O2. The first-order valence-corrected chi connectivity index (χ1v) is 5.37. The van der Waals surface area contributed by atoms with Gasteiger partial charge in [0.15, 0.2) is 0 Å². The summed E-state index contributed by atoms with van der Waals surface area (Å²) in [5.74, 6) is 0. The van der Waals surface area contributed by atoms with Crippen molar-refractivity contribution in [2.75, 3.05) is 11.9 Å². The largest absolute Gasteiger partial charge is 0.369 e. The van der Waals surface area contributed by atoms with Crippen LogP contribution in [0, 0.1) is 10.1 Å². The van der Waals surface area contributed by atoms with E-state index >= 15 is 0 Å². The second-order valence-corrected chi connectivity index (χ2v) is 3.83. The molecule has 92 valence electrons. The Morgan fingerprint density at radius 1 is 1.28 bits per heavy atom. The minimum Gasteiger partial charge on any atom is -0.369 e. The van der Waals surface area contributed by atoms with Crippen molar-refractivity contribution in [3.8, 4) is 0 Å². The monoisotopic (exact) mass is 244 g/mol. The van der Waals surface area contributed by atoms with Crippen LogP contribution in [0.3, 0.4) is 0 Å². The number of hydrogen-bond donors (Lipinski definition) is 0. The zero-order chi connectivity index (χ0) is 13.0. The van der Waals surface area contributed by atoms with Crippen LogP contribution in [0.25, 0.3) is 0 Å². The fourth-order valence-corrected chi connectivity index (χ4v) is 1.57. The number of anilines is 1. The quantitative estimate of drug-likeness (QED) is 0.607. The highest BCUT2D eigenvalue weighted by Crippen LogP contribution is 2.19. The molecule has 18 heavy (non-hydrogen) atoms. The van der Waals surface area contributed by atoms with Gasteiger partial charge in [0.2, 0.25) is 0 Å². The number of rotatable bonds is 4. The molecule has 0 amide bonds. The third-order valence-electron chi connectivity index (χ3n) is 2.52. The van der Waals surface area contributed by atoms with Crippen LogP contribution in [-0.2, 0) is 6.54 Å². The highest BCUT2D eigenvalue weighted by atomic mass is 16.6. The molecule has 6 nitrogen and oxygen atoms in total. The summed E-state index contributed by atoms with van der Waals surface area (Å²) in [6.45, 7) is 0.603. The van der Waals surface area contributed by atoms with Gasteiger partial charge in [0.1, 0.15) is 0 Å². The van der Waals surface area contributed by atoms with Crippen LogP contribution in [0.5, 0.6) is 0 Å². The molecule has 0 aliphatic heterocycles. The van der Waals surface area contributed by atoms with E-state index < -0.39 is 4.92 Å². The molecule has 0 aliphatic rings. The summed E-state index contributed by atoms with van der Waals surface area (Å²) in [6.07, 6.45) is 4.95. The lowest BCUT2D eigenvalue weighted by Crippen LogP contribution is -2.17. The van der Waals surface area contributed by atoms with Crippen molar-refractivity contribution in [1.29, 1.82) is 0 Å².